The first-order valence-electron chi connectivity index (χ1n) is 8.22. The molecule has 0 unspecified atom stereocenters. The summed E-state index contributed by atoms with van der Waals surface area (Å²) in [6.07, 6.45) is 9.62. The van der Waals surface area contributed by atoms with Crippen LogP contribution in [0.25, 0.3) is 0 Å². The van der Waals surface area contributed by atoms with Gasteiger partial charge in [0.2, 0.25) is 5.91 Å². The molecule has 1 N–H and O–H groups in total. The molecule has 19 heavy (non-hydrogen) atoms. The summed E-state index contributed by atoms with van der Waals surface area (Å²) in [5.74, 6) is 1.06. The van der Waals surface area contributed by atoms with Gasteiger partial charge in [-0.1, -0.05) is 33.1 Å². The molecule has 1 aliphatic carbocycles. The predicted octanol–water partition coefficient (Wildman–Crippen LogP) is 2.95. The van der Waals surface area contributed by atoms with E-state index < -0.39 is 0 Å². The largest absolute Gasteiger partial charge is 0.338 e. The molecule has 0 aromatic rings. The van der Waals surface area contributed by atoms with Crippen LogP contribution in [0, 0.1) is 5.92 Å². The van der Waals surface area contributed by atoms with Crippen LogP contribution in [0.1, 0.15) is 65.2 Å². The van der Waals surface area contributed by atoms with E-state index in [0.29, 0.717) is 17.9 Å². The minimum atomic E-state index is 0.0986. The van der Waals surface area contributed by atoms with Gasteiger partial charge in [-0.25, -0.2) is 0 Å². The van der Waals surface area contributed by atoms with Gasteiger partial charge < -0.3 is 10.2 Å². The molecule has 2 aliphatic rings. The Morgan fingerprint density at radius 2 is 1.84 bits per heavy atom. The van der Waals surface area contributed by atoms with Crippen LogP contribution in [0.4, 0.5) is 0 Å². The highest BCUT2D eigenvalue weighted by Gasteiger charge is 2.31. The van der Waals surface area contributed by atoms with Gasteiger partial charge in [-0.2, -0.15) is 0 Å². The van der Waals surface area contributed by atoms with Gasteiger partial charge in [0.15, 0.2) is 0 Å². The molecule has 1 aliphatic heterocycles. The fourth-order valence-electron chi connectivity index (χ4n) is 3.35. The quantitative estimate of drug-likeness (QED) is 0.830. The Bertz CT molecular complexity index is 278. The Hall–Kier alpha value is -0.570. The molecule has 0 radical (unpaired) electrons. The summed E-state index contributed by atoms with van der Waals surface area (Å²) in [4.78, 5) is 15.0. The predicted molar refractivity (Wildman–Crippen MR) is 79.1 cm³/mol. The molecule has 1 heterocycles. The second-order valence-corrected chi connectivity index (χ2v) is 6.65. The van der Waals surface area contributed by atoms with Crippen molar-refractivity contribution in [2.75, 3.05) is 13.1 Å². The number of nitrogens with zero attached hydrogens (tertiary/aromatic N) is 1. The van der Waals surface area contributed by atoms with Gasteiger partial charge in [0.1, 0.15) is 0 Å². The summed E-state index contributed by atoms with van der Waals surface area (Å²) < 4.78 is 0. The normalized spacial score (nSPS) is 24.9. The van der Waals surface area contributed by atoms with E-state index in [0.717, 1.165) is 25.9 Å². The summed E-state index contributed by atoms with van der Waals surface area (Å²) in [7, 11) is 0. The molecule has 0 spiro atoms. The number of carbonyl (C=O) groups is 1. The second kappa shape index (κ2) is 7.28. The average molecular weight is 266 g/mol. The summed E-state index contributed by atoms with van der Waals surface area (Å²) in [5.41, 5.74) is 0. The minimum absolute atomic E-state index is 0.0986. The fourth-order valence-corrected chi connectivity index (χ4v) is 3.35. The number of amides is 1. The molecule has 1 amide bonds. The maximum absolute atomic E-state index is 12.8. The van der Waals surface area contributed by atoms with Crippen LogP contribution in [0.5, 0.6) is 0 Å². The SMILES string of the molecule is CC(C)CCN(C(=O)[C@H]1CCCCN1)C1CCCC1. The van der Waals surface area contributed by atoms with Crippen molar-refractivity contribution in [3.05, 3.63) is 0 Å². The second-order valence-electron chi connectivity index (χ2n) is 6.65. The molecule has 3 heteroatoms. The van der Waals surface area contributed by atoms with E-state index in [9.17, 15) is 4.79 Å². The highest BCUT2D eigenvalue weighted by molar-refractivity contribution is 5.82. The number of hydrogen-bond acceptors (Lipinski definition) is 2. The van der Waals surface area contributed by atoms with Crippen molar-refractivity contribution in [3.8, 4) is 0 Å². The van der Waals surface area contributed by atoms with Gasteiger partial charge >= 0.3 is 0 Å². The maximum atomic E-state index is 12.8. The summed E-state index contributed by atoms with van der Waals surface area (Å²) in [6, 6.07) is 0.622. The molecule has 0 aromatic carbocycles. The van der Waals surface area contributed by atoms with E-state index in [1.165, 1.54) is 38.5 Å². The number of rotatable bonds is 5. The van der Waals surface area contributed by atoms with Gasteiger partial charge in [-0.05, 0) is 44.6 Å². The highest BCUT2D eigenvalue weighted by Crippen LogP contribution is 2.25. The highest BCUT2D eigenvalue weighted by atomic mass is 16.2. The topological polar surface area (TPSA) is 32.3 Å². The molecule has 2 fully saturated rings. The molecular weight excluding hydrogens is 236 g/mol. The van der Waals surface area contributed by atoms with E-state index in [-0.39, 0.29) is 6.04 Å². The maximum Gasteiger partial charge on any atom is 0.239 e. The average Bonchev–Trinajstić information content (AvgIpc) is 2.93. The molecule has 0 aromatic heterocycles. The van der Waals surface area contributed by atoms with Crippen molar-refractivity contribution in [1.29, 1.82) is 0 Å². The van der Waals surface area contributed by atoms with Crippen molar-refractivity contribution >= 4 is 5.91 Å². The van der Waals surface area contributed by atoms with Crippen LogP contribution >= 0.6 is 0 Å². The van der Waals surface area contributed by atoms with E-state index in [4.69, 9.17) is 0 Å². The third kappa shape index (κ3) is 4.20. The van der Waals surface area contributed by atoms with Gasteiger partial charge in [0, 0.05) is 12.6 Å². The lowest BCUT2D eigenvalue weighted by atomic mass is 10.0. The van der Waals surface area contributed by atoms with Gasteiger partial charge in [0.05, 0.1) is 6.04 Å². The van der Waals surface area contributed by atoms with Crippen molar-refractivity contribution in [2.45, 2.75) is 77.3 Å². The Morgan fingerprint density at radius 3 is 2.42 bits per heavy atom. The van der Waals surface area contributed by atoms with E-state index in [2.05, 4.69) is 24.1 Å². The third-order valence-electron chi connectivity index (χ3n) is 4.60. The first kappa shape index (κ1) is 14.8. The number of carbonyl (C=O) groups excluding carboxylic acids is 1. The van der Waals surface area contributed by atoms with Gasteiger partial charge in [-0.15, -0.1) is 0 Å². The lowest BCUT2D eigenvalue weighted by Gasteiger charge is -2.34. The van der Waals surface area contributed by atoms with E-state index in [1.807, 2.05) is 0 Å². The molecule has 1 atom stereocenters. The van der Waals surface area contributed by atoms with Crippen LogP contribution in [0.2, 0.25) is 0 Å². The number of nitrogens with one attached hydrogen (secondary N) is 1. The van der Waals surface area contributed by atoms with Crippen LogP contribution in [0.15, 0.2) is 0 Å². The summed E-state index contributed by atoms with van der Waals surface area (Å²) in [6.45, 7) is 6.46. The fraction of sp³-hybridized carbons (Fsp3) is 0.938. The Balaban J connectivity index is 1.95. The number of hydrogen-bond donors (Lipinski definition) is 1. The Morgan fingerprint density at radius 1 is 1.16 bits per heavy atom. The van der Waals surface area contributed by atoms with Crippen molar-refractivity contribution in [3.63, 3.8) is 0 Å². The molecule has 3 nitrogen and oxygen atoms in total. The minimum Gasteiger partial charge on any atom is -0.338 e. The molecule has 2 rings (SSSR count). The molecular formula is C16H30N2O. The van der Waals surface area contributed by atoms with Crippen LogP contribution in [0.3, 0.4) is 0 Å². The van der Waals surface area contributed by atoms with Gasteiger partial charge in [0.25, 0.3) is 0 Å². The zero-order valence-corrected chi connectivity index (χ0v) is 12.7. The van der Waals surface area contributed by atoms with Gasteiger partial charge in [-0.3, -0.25) is 4.79 Å². The van der Waals surface area contributed by atoms with Crippen LogP contribution < -0.4 is 5.32 Å². The molecule has 0 bridgehead atoms. The summed E-state index contributed by atoms with van der Waals surface area (Å²) >= 11 is 0. The van der Waals surface area contributed by atoms with Crippen LogP contribution in [-0.4, -0.2) is 36.0 Å². The third-order valence-corrected chi connectivity index (χ3v) is 4.60. The molecule has 110 valence electrons. The zero-order chi connectivity index (χ0) is 13.7. The Kier molecular flexibility index (Phi) is 5.68. The number of piperidine rings is 1. The first-order chi connectivity index (χ1) is 9.18. The van der Waals surface area contributed by atoms with Crippen molar-refractivity contribution in [1.82, 2.24) is 10.2 Å². The molecule has 1 saturated carbocycles. The molecule has 1 saturated heterocycles. The summed E-state index contributed by atoms with van der Waals surface area (Å²) in [5, 5.41) is 3.42. The monoisotopic (exact) mass is 266 g/mol. The standard InChI is InChI=1S/C16H30N2O/c1-13(2)10-12-18(14-7-3-4-8-14)16(19)15-9-5-6-11-17-15/h13-15,17H,3-12H2,1-2H3/t15-/m1/s1. The Labute approximate surface area is 118 Å². The smallest absolute Gasteiger partial charge is 0.239 e. The lowest BCUT2D eigenvalue weighted by Crippen LogP contribution is -2.51. The van der Waals surface area contributed by atoms with E-state index in [1.54, 1.807) is 0 Å². The van der Waals surface area contributed by atoms with Crippen LogP contribution in [-0.2, 0) is 4.79 Å². The van der Waals surface area contributed by atoms with Crippen molar-refractivity contribution < 1.29 is 4.79 Å². The van der Waals surface area contributed by atoms with Crippen molar-refractivity contribution in [2.24, 2.45) is 5.92 Å². The van der Waals surface area contributed by atoms with E-state index >= 15 is 0 Å². The first-order valence-corrected chi connectivity index (χ1v) is 8.22. The lowest BCUT2D eigenvalue weighted by molar-refractivity contribution is -0.136. The zero-order valence-electron chi connectivity index (χ0n) is 12.7.